The highest BCUT2D eigenvalue weighted by atomic mass is 79.9. The molecule has 0 aromatic carbocycles. The third kappa shape index (κ3) is 3.36. The van der Waals surface area contributed by atoms with Crippen molar-refractivity contribution >= 4 is 15.9 Å². The van der Waals surface area contributed by atoms with E-state index in [4.69, 9.17) is 0 Å². The van der Waals surface area contributed by atoms with Gasteiger partial charge >= 0.3 is 0 Å². The molecule has 2 aromatic heterocycles. The molecule has 6 heteroatoms. The van der Waals surface area contributed by atoms with Gasteiger partial charge in [-0.2, -0.15) is 5.10 Å². The molecule has 0 amide bonds. The van der Waals surface area contributed by atoms with Crippen LogP contribution in [0.5, 0.6) is 0 Å². The summed E-state index contributed by atoms with van der Waals surface area (Å²) in [5, 5.41) is 7.57. The summed E-state index contributed by atoms with van der Waals surface area (Å²) in [6.07, 6.45) is 4.92. The lowest BCUT2D eigenvalue weighted by Crippen LogP contribution is -2.35. The number of aromatic nitrogens is 4. The van der Waals surface area contributed by atoms with E-state index in [1.54, 1.807) is 17.2 Å². The van der Waals surface area contributed by atoms with E-state index < -0.39 is 0 Å². The van der Waals surface area contributed by atoms with Crippen molar-refractivity contribution in [3.63, 3.8) is 0 Å². The minimum Gasteiger partial charge on any atom is -0.308 e. The Morgan fingerprint density at radius 3 is 2.78 bits per heavy atom. The molecule has 18 heavy (non-hydrogen) atoms. The number of nitrogens with zero attached hydrogens (tertiary/aromatic N) is 4. The van der Waals surface area contributed by atoms with Gasteiger partial charge in [-0.1, -0.05) is 0 Å². The molecule has 0 saturated carbocycles. The second kappa shape index (κ2) is 5.16. The van der Waals surface area contributed by atoms with Gasteiger partial charge < -0.3 is 5.32 Å². The van der Waals surface area contributed by atoms with E-state index in [0.717, 1.165) is 22.4 Å². The average molecular weight is 310 g/mol. The van der Waals surface area contributed by atoms with Crippen LogP contribution in [-0.4, -0.2) is 25.3 Å². The molecule has 0 bridgehead atoms. The minimum atomic E-state index is 0.0575. The third-order valence-corrected chi connectivity index (χ3v) is 2.79. The van der Waals surface area contributed by atoms with E-state index in [1.165, 1.54) is 6.33 Å². The summed E-state index contributed by atoms with van der Waals surface area (Å²) >= 11 is 3.44. The molecule has 5 nitrogen and oxygen atoms in total. The summed E-state index contributed by atoms with van der Waals surface area (Å²) in [5.74, 6) is 0.799. The first-order valence-corrected chi connectivity index (χ1v) is 6.49. The summed E-state index contributed by atoms with van der Waals surface area (Å²) in [4.78, 5) is 8.35. The molecule has 2 aromatic rings. The highest BCUT2D eigenvalue weighted by Gasteiger charge is 2.12. The van der Waals surface area contributed by atoms with Gasteiger partial charge in [-0.3, -0.25) is 0 Å². The molecule has 0 atom stereocenters. The van der Waals surface area contributed by atoms with Gasteiger partial charge in [-0.05, 0) is 42.8 Å². The molecule has 0 fully saturated rings. The zero-order chi connectivity index (χ0) is 13.2. The van der Waals surface area contributed by atoms with Crippen LogP contribution in [0.3, 0.4) is 0 Å². The Balaban J connectivity index is 2.30. The van der Waals surface area contributed by atoms with Crippen molar-refractivity contribution in [1.29, 1.82) is 0 Å². The molecule has 0 saturated heterocycles. The molecule has 2 rings (SSSR count). The van der Waals surface area contributed by atoms with Gasteiger partial charge in [-0.15, -0.1) is 0 Å². The van der Waals surface area contributed by atoms with Gasteiger partial charge in [0.05, 0.1) is 0 Å². The number of pyridine rings is 1. The Bertz CT molecular complexity index is 516. The molecule has 0 aliphatic rings. The van der Waals surface area contributed by atoms with Crippen LogP contribution in [0, 0.1) is 0 Å². The van der Waals surface area contributed by atoms with E-state index in [0.29, 0.717) is 0 Å². The monoisotopic (exact) mass is 309 g/mol. The Kier molecular flexibility index (Phi) is 3.77. The van der Waals surface area contributed by atoms with Crippen LogP contribution in [0.1, 0.15) is 26.3 Å². The van der Waals surface area contributed by atoms with Crippen molar-refractivity contribution in [1.82, 2.24) is 25.1 Å². The van der Waals surface area contributed by atoms with Crippen molar-refractivity contribution in [3.05, 3.63) is 35.0 Å². The van der Waals surface area contributed by atoms with Crippen LogP contribution in [0.2, 0.25) is 0 Å². The minimum absolute atomic E-state index is 0.0575. The van der Waals surface area contributed by atoms with E-state index in [9.17, 15) is 0 Å². The fraction of sp³-hybridized carbons (Fsp3) is 0.417. The van der Waals surface area contributed by atoms with Crippen LogP contribution in [0.15, 0.2) is 29.4 Å². The van der Waals surface area contributed by atoms with E-state index in [1.807, 2.05) is 6.07 Å². The SMILES string of the molecule is CC(C)(C)NCc1cc(Br)cnc1-n1cncn1. The maximum Gasteiger partial charge on any atom is 0.159 e. The molecule has 0 spiro atoms. The van der Waals surface area contributed by atoms with Gasteiger partial charge in [0, 0.05) is 28.3 Å². The van der Waals surface area contributed by atoms with E-state index in [-0.39, 0.29) is 5.54 Å². The van der Waals surface area contributed by atoms with Crippen molar-refractivity contribution in [2.45, 2.75) is 32.9 Å². The van der Waals surface area contributed by atoms with Crippen LogP contribution in [0.4, 0.5) is 0 Å². The van der Waals surface area contributed by atoms with Gasteiger partial charge in [0.2, 0.25) is 0 Å². The lowest BCUT2D eigenvalue weighted by molar-refractivity contribution is 0.423. The van der Waals surface area contributed by atoms with E-state index in [2.05, 4.69) is 57.1 Å². The Labute approximate surface area is 115 Å². The Morgan fingerprint density at radius 2 is 2.17 bits per heavy atom. The van der Waals surface area contributed by atoms with Gasteiger partial charge in [0.25, 0.3) is 0 Å². The summed E-state index contributed by atoms with van der Waals surface area (Å²) in [5.41, 5.74) is 1.13. The molecule has 0 aliphatic heterocycles. The fourth-order valence-electron chi connectivity index (χ4n) is 1.49. The van der Waals surface area contributed by atoms with Crippen molar-refractivity contribution < 1.29 is 0 Å². The van der Waals surface area contributed by atoms with Gasteiger partial charge in [0.15, 0.2) is 5.82 Å². The van der Waals surface area contributed by atoms with Crippen LogP contribution >= 0.6 is 15.9 Å². The predicted octanol–water partition coefficient (Wildman–Crippen LogP) is 2.31. The largest absolute Gasteiger partial charge is 0.308 e. The first-order valence-electron chi connectivity index (χ1n) is 5.70. The third-order valence-electron chi connectivity index (χ3n) is 2.35. The summed E-state index contributed by atoms with van der Waals surface area (Å²) in [6, 6.07) is 2.04. The molecule has 2 heterocycles. The highest BCUT2D eigenvalue weighted by Crippen LogP contribution is 2.17. The number of nitrogens with one attached hydrogen (secondary N) is 1. The smallest absolute Gasteiger partial charge is 0.159 e. The van der Waals surface area contributed by atoms with Crippen LogP contribution in [0.25, 0.3) is 5.82 Å². The predicted molar refractivity (Wildman–Crippen MR) is 73.4 cm³/mol. The number of rotatable bonds is 3. The molecule has 0 aliphatic carbocycles. The summed E-state index contributed by atoms with van der Waals surface area (Å²) < 4.78 is 2.63. The highest BCUT2D eigenvalue weighted by molar-refractivity contribution is 9.10. The Hall–Kier alpha value is -1.27. The number of hydrogen-bond donors (Lipinski definition) is 1. The average Bonchev–Trinajstić information content (AvgIpc) is 2.79. The maximum absolute atomic E-state index is 4.39. The molecule has 0 unspecified atom stereocenters. The molecule has 96 valence electrons. The summed E-state index contributed by atoms with van der Waals surface area (Å²) in [7, 11) is 0. The lowest BCUT2D eigenvalue weighted by Gasteiger charge is -2.21. The zero-order valence-electron chi connectivity index (χ0n) is 10.7. The number of halogens is 1. The molecular formula is C12H16BrN5. The van der Waals surface area contributed by atoms with Crippen LogP contribution in [-0.2, 0) is 6.54 Å². The lowest BCUT2D eigenvalue weighted by atomic mass is 10.1. The van der Waals surface area contributed by atoms with Gasteiger partial charge in [-0.25, -0.2) is 14.6 Å². The van der Waals surface area contributed by atoms with Crippen molar-refractivity contribution in [2.24, 2.45) is 0 Å². The van der Waals surface area contributed by atoms with Crippen LogP contribution < -0.4 is 5.32 Å². The molecule has 0 radical (unpaired) electrons. The fourth-order valence-corrected chi connectivity index (χ4v) is 1.87. The first kappa shape index (κ1) is 13.2. The first-order chi connectivity index (χ1) is 8.46. The van der Waals surface area contributed by atoms with E-state index >= 15 is 0 Å². The zero-order valence-corrected chi connectivity index (χ0v) is 12.3. The van der Waals surface area contributed by atoms with Gasteiger partial charge in [0.1, 0.15) is 12.7 Å². The van der Waals surface area contributed by atoms with Crippen molar-refractivity contribution in [3.8, 4) is 5.82 Å². The quantitative estimate of drug-likeness (QED) is 0.945. The maximum atomic E-state index is 4.39. The topological polar surface area (TPSA) is 55.6 Å². The second-order valence-corrected chi connectivity index (χ2v) is 6.00. The number of hydrogen-bond acceptors (Lipinski definition) is 4. The summed E-state index contributed by atoms with van der Waals surface area (Å²) in [6.45, 7) is 7.12. The molecular weight excluding hydrogens is 294 g/mol. The second-order valence-electron chi connectivity index (χ2n) is 5.08. The Morgan fingerprint density at radius 1 is 1.39 bits per heavy atom. The van der Waals surface area contributed by atoms with Crippen molar-refractivity contribution in [2.75, 3.05) is 0 Å². The standard InChI is InChI=1S/C12H16BrN5/c1-12(2,3)16-5-9-4-10(13)6-15-11(9)18-8-14-7-17-18/h4,6-8,16H,5H2,1-3H3. The molecule has 1 N–H and O–H groups in total. The normalized spacial score (nSPS) is 11.8.